The topological polar surface area (TPSA) is 112 Å². The molecule has 1 unspecified atom stereocenters. The molecule has 6 heterocycles. The Hall–Kier alpha value is -2.09. The van der Waals surface area contributed by atoms with Crippen molar-refractivity contribution >= 4 is 33.7 Å². The zero-order valence-electron chi connectivity index (χ0n) is 47.2. The Labute approximate surface area is 422 Å². The maximum Gasteiger partial charge on any atom is 0.409 e. The maximum absolute atomic E-state index is 11.2. The van der Waals surface area contributed by atoms with Crippen LogP contribution in [-0.2, 0) is 28.7 Å². The third kappa shape index (κ3) is 58.1. The molecule has 6 saturated heterocycles. The number of likely N-dealkylation sites (tertiary alicyclic amines) is 4. The van der Waals surface area contributed by atoms with Crippen LogP contribution in [0.2, 0.25) is 0 Å². The number of nitrogens with zero attached hydrogens (tertiary/aromatic N) is 5. The van der Waals surface area contributed by atoms with Crippen LogP contribution in [0, 0.1) is 0 Å². The molecule has 0 aromatic heterocycles. The van der Waals surface area contributed by atoms with E-state index in [1.165, 1.54) is 111 Å². The van der Waals surface area contributed by atoms with Crippen molar-refractivity contribution < 1.29 is 32.8 Å². The zero-order chi connectivity index (χ0) is 51.7. The van der Waals surface area contributed by atoms with Gasteiger partial charge in [0.2, 0.25) is 5.91 Å². The van der Waals surface area contributed by atoms with Gasteiger partial charge in [0, 0.05) is 88.5 Å². The molecule has 0 bridgehead atoms. The van der Waals surface area contributed by atoms with Gasteiger partial charge in [-0.25, -0.2) is 13.9 Å². The fraction of sp³-hybridized carbons (Fsp3) is 0.926. The minimum Gasteiger partial charge on any atom is -0.453 e. The van der Waals surface area contributed by atoms with Crippen LogP contribution in [0.25, 0.3) is 0 Å². The van der Waals surface area contributed by atoms with E-state index < -0.39 is 9.71 Å². The normalized spacial score (nSPS) is 17.4. The second kappa shape index (κ2) is 70.5. The van der Waals surface area contributed by atoms with Gasteiger partial charge in [-0.3, -0.25) is 9.00 Å². The molecule has 7 aliphatic rings. The molecule has 0 aromatic rings. The fourth-order valence-corrected chi connectivity index (χ4v) is 7.46. The monoisotopic (exact) mass is 988 g/mol. The van der Waals surface area contributed by atoms with Crippen molar-refractivity contribution in [1.29, 1.82) is 0 Å². The van der Waals surface area contributed by atoms with E-state index in [9.17, 15) is 18.6 Å². The van der Waals surface area contributed by atoms with Crippen LogP contribution in [-0.4, -0.2) is 158 Å². The Morgan fingerprint density at radius 3 is 0.821 bits per heavy atom. The van der Waals surface area contributed by atoms with Crippen LogP contribution >= 0.6 is 0 Å². The van der Waals surface area contributed by atoms with Gasteiger partial charge in [-0.1, -0.05) is 144 Å². The van der Waals surface area contributed by atoms with E-state index in [-0.39, 0.29) is 32.9 Å². The van der Waals surface area contributed by atoms with Gasteiger partial charge in [0.25, 0.3) is 0 Å². The summed E-state index contributed by atoms with van der Waals surface area (Å²) in [7, 11) is 3.14. The molecular weight excluding hydrogens is 863 g/mol. The van der Waals surface area contributed by atoms with E-state index in [1.807, 2.05) is 106 Å². The Morgan fingerprint density at radius 2 is 0.672 bits per heavy atom. The summed E-state index contributed by atoms with van der Waals surface area (Å²) >= 11 is 0. The fourth-order valence-electron chi connectivity index (χ4n) is 6.43. The van der Waals surface area contributed by atoms with E-state index in [1.54, 1.807) is 23.0 Å². The number of rotatable bonds is 1. The number of amides is 3. The summed E-state index contributed by atoms with van der Waals surface area (Å²) in [6.07, 6.45) is 23.4. The Morgan fingerprint density at radius 1 is 0.433 bits per heavy atom. The third-order valence-electron chi connectivity index (χ3n) is 9.65. The lowest BCUT2D eigenvalue weighted by molar-refractivity contribution is -0.127. The molecule has 1 saturated carbocycles. The SMILES string of the molecule is C.C.C1CCCC1.C1CCOC1.C=S(C)(=O)N1CCCC1.CC.CC.CC.CC.CC.CC.CC.CC(=O)N1CCCC1.CN1CCCC1.COC(=O)N1CCCC1.COC(=O)N1CCCC1. The van der Waals surface area contributed by atoms with E-state index in [0.717, 1.165) is 91.3 Å². The minimum absolute atomic E-state index is 0. The van der Waals surface area contributed by atoms with Crippen LogP contribution in [0.1, 0.15) is 228 Å². The number of carbonyl (C=O) groups excluding carboxylic acids is 3. The lowest BCUT2D eigenvalue weighted by Gasteiger charge is -2.15. The molecule has 3 amide bonds. The summed E-state index contributed by atoms with van der Waals surface area (Å²) in [5, 5.41) is 0. The van der Waals surface area contributed by atoms with E-state index >= 15 is 0 Å². The predicted molar refractivity (Wildman–Crippen MR) is 303 cm³/mol. The van der Waals surface area contributed by atoms with Gasteiger partial charge in [0.05, 0.1) is 14.2 Å². The number of hydrogen-bond donors (Lipinski definition) is 0. The Balaban J connectivity index is -0.0000000802. The van der Waals surface area contributed by atoms with Gasteiger partial charge in [-0.15, -0.1) is 0 Å². The maximum atomic E-state index is 11.2. The van der Waals surface area contributed by atoms with Crippen molar-refractivity contribution in [2.75, 3.05) is 106 Å². The zero-order valence-corrected chi connectivity index (χ0v) is 48.0. The standard InChI is InChI=1S/2C6H11NO2.C6H13NOS.C6H11NO.C5H11N.C5H10.C4H8O.7C2H6.2CH4/c2*1-9-6(8)7-4-2-3-5-7;1-9(2,8)7-5-3-4-6-7;1-6(8)7-4-2-3-5-7;1-6-4-2-3-5-6;2*1-2-4-5-3-1;7*1-2;;/h2*2-5H2,1H3;1,3-6H2,2H3;2-5H2,1H3;2-5H2,1H3;1-5H2;1-4H2;7*1-2H3;2*1H4. The second-order valence-electron chi connectivity index (χ2n) is 14.2. The van der Waals surface area contributed by atoms with Gasteiger partial charge in [0.1, 0.15) is 0 Å². The molecule has 1 aliphatic carbocycles. The van der Waals surface area contributed by atoms with Crippen molar-refractivity contribution in [2.24, 2.45) is 0 Å². The van der Waals surface area contributed by atoms with Crippen LogP contribution in [0.4, 0.5) is 9.59 Å². The minimum atomic E-state index is -1.87. The molecule has 414 valence electrons. The lowest BCUT2D eigenvalue weighted by Crippen LogP contribution is -2.27. The molecule has 0 radical (unpaired) electrons. The molecule has 7 fully saturated rings. The molecule has 7 rings (SSSR count). The van der Waals surface area contributed by atoms with Gasteiger partial charge in [-0.05, 0) is 103 Å². The quantitative estimate of drug-likeness (QED) is 0.239. The summed E-state index contributed by atoms with van der Waals surface area (Å²) < 4.78 is 27.2. The summed E-state index contributed by atoms with van der Waals surface area (Å²) in [6.45, 7) is 41.6. The predicted octanol–water partition coefficient (Wildman–Crippen LogP) is 14.6. The molecule has 13 heteroatoms. The molecular formula is C54H125N5O7S. The Bertz CT molecular complexity index is 947. The highest BCUT2D eigenvalue weighted by Crippen LogP contribution is 2.15. The van der Waals surface area contributed by atoms with E-state index in [4.69, 9.17) is 4.74 Å². The number of hydrogen-bond acceptors (Lipinski definition) is 8. The first-order valence-corrected chi connectivity index (χ1v) is 28.8. The van der Waals surface area contributed by atoms with Crippen LogP contribution in [0.15, 0.2) is 0 Å². The van der Waals surface area contributed by atoms with E-state index in [2.05, 4.69) is 27.3 Å². The first-order chi connectivity index (χ1) is 31.5. The number of carbonyl (C=O) groups is 3. The third-order valence-corrected chi connectivity index (χ3v) is 11.1. The van der Waals surface area contributed by atoms with Gasteiger partial charge in [0.15, 0.2) is 0 Å². The van der Waals surface area contributed by atoms with Crippen molar-refractivity contribution in [3.63, 3.8) is 0 Å². The van der Waals surface area contributed by atoms with Crippen LogP contribution in [0.3, 0.4) is 0 Å². The highest BCUT2D eigenvalue weighted by molar-refractivity contribution is 7.97. The lowest BCUT2D eigenvalue weighted by atomic mass is 10.4. The Kier molecular flexibility index (Phi) is 89.2. The van der Waals surface area contributed by atoms with Crippen molar-refractivity contribution in [3.8, 4) is 0 Å². The van der Waals surface area contributed by atoms with Crippen LogP contribution < -0.4 is 0 Å². The highest BCUT2D eigenvalue weighted by atomic mass is 32.2. The summed E-state index contributed by atoms with van der Waals surface area (Å²) in [5.41, 5.74) is 0. The van der Waals surface area contributed by atoms with Gasteiger partial charge in [-0.2, -0.15) is 0 Å². The molecule has 67 heavy (non-hydrogen) atoms. The molecule has 1 atom stereocenters. The first-order valence-electron chi connectivity index (χ1n) is 26.7. The number of methoxy groups -OCH3 is 2. The highest BCUT2D eigenvalue weighted by Gasteiger charge is 2.18. The second-order valence-corrected chi connectivity index (χ2v) is 16.7. The van der Waals surface area contributed by atoms with Gasteiger partial charge < -0.3 is 33.8 Å². The van der Waals surface area contributed by atoms with E-state index in [0.29, 0.717) is 0 Å². The summed E-state index contributed by atoms with van der Waals surface area (Å²) in [6, 6.07) is 0. The summed E-state index contributed by atoms with van der Waals surface area (Å²) in [4.78, 5) is 39.7. The van der Waals surface area contributed by atoms with Gasteiger partial charge >= 0.3 is 12.2 Å². The van der Waals surface area contributed by atoms with Crippen molar-refractivity contribution in [3.05, 3.63) is 0 Å². The molecule has 12 nitrogen and oxygen atoms in total. The largest absolute Gasteiger partial charge is 0.453 e. The average molecular weight is 989 g/mol. The number of ether oxygens (including phenoxy) is 3. The molecule has 0 N–H and O–H groups in total. The molecule has 0 spiro atoms. The smallest absolute Gasteiger partial charge is 0.409 e. The first kappa shape index (κ1) is 84.8. The van der Waals surface area contributed by atoms with Crippen LogP contribution in [0.5, 0.6) is 0 Å². The van der Waals surface area contributed by atoms with Crippen molar-refractivity contribution in [1.82, 2.24) is 23.9 Å². The average Bonchev–Trinajstić information content (AvgIpc) is 4.23. The van der Waals surface area contributed by atoms with Crippen molar-refractivity contribution in [2.45, 2.75) is 228 Å². The summed E-state index contributed by atoms with van der Waals surface area (Å²) in [5.74, 6) is 3.83. The molecule has 6 aliphatic heterocycles. The molecule has 0 aromatic carbocycles.